The molecule has 4 rings (SSSR count). The lowest BCUT2D eigenvalue weighted by atomic mass is 10.0. The number of fused-ring (bicyclic) bond motifs is 1. The zero-order valence-corrected chi connectivity index (χ0v) is 18.4. The number of carbonyl (C=O) groups excluding carboxylic acids is 1. The topological polar surface area (TPSA) is 50.5 Å². The smallest absolute Gasteiger partial charge is 0.223 e. The molecule has 0 radical (unpaired) electrons. The summed E-state index contributed by atoms with van der Waals surface area (Å²) in [6.07, 6.45) is 3.05. The fourth-order valence-electron chi connectivity index (χ4n) is 4.31. The highest BCUT2D eigenvalue weighted by atomic mass is 35.5. The van der Waals surface area contributed by atoms with Crippen LogP contribution in [0.3, 0.4) is 0 Å². The minimum Gasteiger partial charge on any atom is -0.336 e. The summed E-state index contributed by atoms with van der Waals surface area (Å²) in [6, 6.07) is 7.69. The molecule has 1 unspecified atom stereocenters. The molecule has 1 aliphatic heterocycles. The monoisotopic (exact) mass is 430 g/mol. The molecule has 1 amide bonds. The number of likely N-dealkylation sites (tertiary alicyclic amines) is 1. The Morgan fingerprint density at radius 3 is 2.72 bits per heavy atom. The lowest BCUT2D eigenvalue weighted by molar-refractivity contribution is -0.132. The largest absolute Gasteiger partial charge is 0.336 e. The summed E-state index contributed by atoms with van der Waals surface area (Å²) in [5.41, 5.74) is 5.95. The van der Waals surface area contributed by atoms with Crippen LogP contribution in [0.25, 0.3) is 5.65 Å². The molecule has 0 saturated carbocycles. The lowest BCUT2D eigenvalue weighted by Gasteiger charge is -2.25. The molecule has 0 bridgehead atoms. The highest BCUT2D eigenvalue weighted by molar-refractivity contribution is 6.42. The van der Waals surface area contributed by atoms with Crippen LogP contribution in [0, 0.1) is 20.8 Å². The third-order valence-electron chi connectivity index (χ3n) is 5.78. The summed E-state index contributed by atoms with van der Waals surface area (Å²) in [6.45, 7) is 6.78. The molecule has 29 heavy (non-hydrogen) atoms. The number of rotatable bonds is 4. The van der Waals surface area contributed by atoms with Crippen molar-refractivity contribution < 1.29 is 4.79 Å². The average molecular weight is 431 g/mol. The Morgan fingerprint density at radius 2 is 1.97 bits per heavy atom. The van der Waals surface area contributed by atoms with Gasteiger partial charge < -0.3 is 4.90 Å². The second-order valence-electron chi connectivity index (χ2n) is 7.74. The summed E-state index contributed by atoms with van der Waals surface area (Å²) < 4.78 is 1.87. The summed E-state index contributed by atoms with van der Waals surface area (Å²) in [7, 11) is 0. The predicted molar refractivity (Wildman–Crippen MR) is 116 cm³/mol. The van der Waals surface area contributed by atoms with Gasteiger partial charge in [-0.2, -0.15) is 5.10 Å². The first-order valence-electron chi connectivity index (χ1n) is 9.92. The molecule has 5 nitrogen and oxygen atoms in total. The van der Waals surface area contributed by atoms with Crippen LogP contribution in [0.5, 0.6) is 0 Å². The van der Waals surface area contributed by atoms with Crippen LogP contribution in [0.2, 0.25) is 10.0 Å². The first kappa shape index (κ1) is 20.2. The lowest BCUT2D eigenvalue weighted by Crippen LogP contribution is -2.30. The van der Waals surface area contributed by atoms with Gasteiger partial charge >= 0.3 is 0 Å². The highest BCUT2D eigenvalue weighted by Gasteiger charge is 2.30. The summed E-state index contributed by atoms with van der Waals surface area (Å²) in [5, 5.41) is 5.59. The summed E-state index contributed by atoms with van der Waals surface area (Å²) in [5.74, 6) is 0.161. The van der Waals surface area contributed by atoms with Crippen molar-refractivity contribution in [2.45, 2.75) is 52.5 Å². The SMILES string of the molecule is Cc1cc2nc(C)c(CCC(=O)N3CCCC3c3ccc(Cl)c(Cl)c3)c(C)n2n1. The van der Waals surface area contributed by atoms with Gasteiger partial charge in [0.2, 0.25) is 5.91 Å². The third-order valence-corrected chi connectivity index (χ3v) is 6.52. The second-order valence-corrected chi connectivity index (χ2v) is 8.55. The zero-order valence-electron chi connectivity index (χ0n) is 16.9. The number of nitrogens with zero attached hydrogens (tertiary/aromatic N) is 4. The minimum atomic E-state index is 0.0637. The maximum Gasteiger partial charge on any atom is 0.223 e. The maximum atomic E-state index is 13.1. The molecule has 0 N–H and O–H groups in total. The summed E-state index contributed by atoms with van der Waals surface area (Å²) >= 11 is 12.2. The molecule has 152 valence electrons. The van der Waals surface area contributed by atoms with Gasteiger partial charge in [0, 0.05) is 30.4 Å². The van der Waals surface area contributed by atoms with E-state index in [9.17, 15) is 4.79 Å². The molecule has 0 aliphatic carbocycles. The quantitative estimate of drug-likeness (QED) is 0.567. The van der Waals surface area contributed by atoms with E-state index in [4.69, 9.17) is 23.2 Å². The van der Waals surface area contributed by atoms with Crippen molar-refractivity contribution in [3.63, 3.8) is 0 Å². The molecule has 1 fully saturated rings. The maximum absolute atomic E-state index is 13.1. The standard InChI is InChI=1S/C22H24Cl2N4O/c1-13-11-21-25-14(2)17(15(3)28(21)26-13)7-9-22(29)27-10-4-5-20(27)16-6-8-18(23)19(24)12-16/h6,8,11-12,20H,4-5,7,9-10H2,1-3H3. The molecule has 1 aliphatic rings. The van der Waals surface area contributed by atoms with Crippen LogP contribution >= 0.6 is 23.2 Å². The fourth-order valence-corrected chi connectivity index (χ4v) is 4.62. The van der Waals surface area contributed by atoms with Gasteiger partial charge in [0.15, 0.2) is 5.65 Å². The number of hydrogen-bond donors (Lipinski definition) is 0. The number of amides is 1. The number of aromatic nitrogens is 3. The van der Waals surface area contributed by atoms with Gasteiger partial charge in [-0.05, 0) is 63.3 Å². The molecule has 7 heteroatoms. The Morgan fingerprint density at radius 1 is 1.17 bits per heavy atom. The van der Waals surface area contributed by atoms with Crippen LogP contribution in [-0.4, -0.2) is 31.9 Å². The van der Waals surface area contributed by atoms with Gasteiger partial charge in [0.25, 0.3) is 0 Å². The van der Waals surface area contributed by atoms with Crippen molar-refractivity contribution in [2.24, 2.45) is 0 Å². The average Bonchev–Trinajstić information content (AvgIpc) is 3.30. The van der Waals surface area contributed by atoms with E-state index in [-0.39, 0.29) is 11.9 Å². The van der Waals surface area contributed by atoms with E-state index in [1.165, 1.54) is 0 Å². The van der Waals surface area contributed by atoms with Crippen molar-refractivity contribution in [3.8, 4) is 0 Å². The van der Waals surface area contributed by atoms with E-state index < -0.39 is 0 Å². The first-order valence-corrected chi connectivity index (χ1v) is 10.7. The van der Waals surface area contributed by atoms with Gasteiger partial charge in [0.05, 0.1) is 21.8 Å². The number of halogens is 2. The molecule has 2 aromatic heterocycles. The van der Waals surface area contributed by atoms with E-state index in [1.54, 1.807) is 6.07 Å². The van der Waals surface area contributed by atoms with Crippen molar-refractivity contribution in [2.75, 3.05) is 6.54 Å². The predicted octanol–water partition coefficient (Wildman–Crippen LogP) is 5.26. The Hall–Kier alpha value is -2.11. The van der Waals surface area contributed by atoms with E-state index in [0.717, 1.165) is 53.2 Å². The highest BCUT2D eigenvalue weighted by Crippen LogP contribution is 2.35. The van der Waals surface area contributed by atoms with E-state index in [1.807, 2.05) is 48.4 Å². The molecule has 1 saturated heterocycles. The normalized spacial score (nSPS) is 16.7. The van der Waals surface area contributed by atoms with Crippen LogP contribution in [0.1, 0.15) is 53.5 Å². The Labute approximate surface area is 180 Å². The number of hydrogen-bond acceptors (Lipinski definition) is 3. The zero-order chi connectivity index (χ0) is 20.7. The second kappa shape index (κ2) is 7.96. The van der Waals surface area contributed by atoms with Gasteiger partial charge in [-0.15, -0.1) is 0 Å². The van der Waals surface area contributed by atoms with Gasteiger partial charge in [-0.25, -0.2) is 9.50 Å². The molecule has 3 aromatic rings. The van der Waals surface area contributed by atoms with Crippen LogP contribution in [0.15, 0.2) is 24.3 Å². The fraction of sp³-hybridized carbons (Fsp3) is 0.409. The van der Waals surface area contributed by atoms with E-state index in [0.29, 0.717) is 22.9 Å². The van der Waals surface area contributed by atoms with Crippen molar-refractivity contribution in [1.29, 1.82) is 0 Å². The summed E-state index contributed by atoms with van der Waals surface area (Å²) in [4.78, 5) is 19.7. The van der Waals surface area contributed by atoms with Crippen molar-refractivity contribution in [1.82, 2.24) is 19.5 Å². The van der Waals surface area contributed by atoms with E-state index >= 15 is 0 Å². The number of benzene rings is 1. The molecule has 1 aromatic carbocycles. The van der Waals surface area contributed by atoms with Gasteiger partial charge in [-0.1, -0.05) is 29.3 Å². The van der Waals surface area contributed by atoms with Crippen LogP contribution < -0.4 is 0 Å². The minimum absolute atomic E-state index is 0.0637. The van der Waals surface area contributed by atoms with E-state index in [2.05, 4.69) is 10.1 Å². The van der Waals surface area contributed by atoms with Crippen LogP contribution in [-0.2, 0) is 11.2 Å². The molecule has 3 heterocycles. The molecular formula is C22H24Cl2N4O. The Balaban J connectivity index is 1.52. The first-order chi connectivity index (χ1) is 13.8. The Bertz CT molecular complexity index is 1090. The van der Waals surface area contributed by atoms with Crippen molar-refractivity contribution in [3.05, 3.63) is 62.5 Å². The molecule has 0 spiro atoms. The van der Waals surface area contributed by atoms with Crippen molar-refractivity contribution >= 4 is 34.8 Å². The Kier molecular flexibility index (Phi) is 5.54. The van der Waals surface area contributed by atoms with Crippen LogP contribution in [0.4, 0.5) is 0 Å². The third kappa shape index (κ3) is 3.86. The molecule has 1 atom stereocenters. The number of aryl methyl sites for hydroxylation is 3. The number of carbonyl (C=O) groups is 1. The van der Waals surface area contributed by atoms with Gasteiger partial charge in [-0.3, -0.25) is 4.79 Å². The molecular weight excluding hydrogens is 407 g/mol. The van der Waals surface area contributed by atoms with Gasteiger partial charge in [0.1, 0.15) is 0 Å².